The quantitative estimate of drug-likeness (QED) is 0.701. The lowest BCUT2D eigenvalue weighted by Crippen LogP contribution is -2.45. The minimum atomic E-state index is -0.635. The molecule has 0 fully saturated rings. The third-order valence-electron chi connectivity index (χ3n) is 3.18. The van der Waals surface area contributed by atoms with E-state index >= 15 is 0 Å². The Balaban J connectivity index is 1.74. The molecule has 1 aromatic carbocycles. The normalized spacial score (nSPS) is 11.7. The van der Waals surface area contributed by atoms with Crippen LogP contribution in [0.1, 0.15) is 23.0 Å². The van der Waals surface area contributed by atoms with Crippen LogP contribution in [-0.4, -0.2) is 24.4 Å². The zero-order valence-electron chi connectivity index (χ0n) is 12.3. The highest BCUT2D eigenvalue weighted by Crippen LogP contribution is 2.05. The van der Waals surface area contributed by atoms with E-state index in [1.807, 2.05) is 24.3 Å². The summed E-state index contributed by atoms with van der Waals surface area (Å²) in [6.45, 7) is 2.11. The van der Waals surface area contributed by atoms with Gasteiger partial charge in [0.05, 0.1) is 6.26 Å². The number of benzene rings is 1. The molecule has 6 nitrogen and oxygen atoms in total. The average Bonchev–Trinajstić information content (AvgIpc) is 3.03. The number of carbonyl (C=O) groups is 2. The molecule has 1 unspecified atom stereocenters. The van der Waals surface area contributed by atoms with Gasteiger partial charge in [0.15, 0.2) is 5.76 Å². The Bertz CT molecular complexity index is 621. The van der Waals surface area contributed by atoms with Crippen LogP contribution in [0, 0.1) is 0 Å². The average molecular weight is 301 g/mol. The Hall–Kier alpha value is -2.76. The van der Waals surface area contributed by atoms with Crippen molar-refractivity contribution in [1.82, 2.24) is 10.6 Å². The molecular formula is C16H19N3O3. The lowest BCUT2D eigenvalue weighted by Gasteiger charge is -2.13. The summed E-state index contributed by atoms with van der Waals surface area (Å²) in [5.41, 5.74) is 7.41. The number of rotatable bonds is 6. The van der Waals surface area contributed by atoms with Gasteiger partial charge in [-0.25, -0.2) is 0 Å². The Morgan fingerprint density at radius 3 is 2.59 bits per heavy atom. The van der Waals surface area contributed by atoms with E-state index in [-0.39, 0.29) is 11.7 Å². The van der Waals surface area contributed by atoms with Gasteiger partial charge >= 0.3 is 0 Å². The number of anilines is 1. The second-order valence-corrected chi connectivity index (χ2v) is 4.96. The van der Waals surface area contributed by atoms with E-state index < -0.39 is 11.9 Å². The maximum Gasteiger partial charge on any atom is 0.287 e. The van der Waals surface area contributed by atoms with E-state index in [9.17, 15) is 9.59 Å². The molecule has 2 amide bonds. The Kier molecular flexibility index (Phi) is 5.19. The molecule has 0 aliphatic carbocycles. The van der Waals surface area contributed by atoms with Crippen molar-refractivity contribution in [2.45, 2.75) is 19.4 Å². The first-order valence-corrected chi connectivity index (χ1v) is 7.03. The summed E-state index contributed by atoms with van der Waals surface area (Å²) >= 11 is 0. The fourth-order valence-electron chi connectivity index (χ4n) is 1.91. The topological polar surface area (TPSA) is 97.4 Å². The number of carbonyl (C=O) groups excluding carboxylic acids is 2. The second-order valence-electron chi connectivity index (χ2n) is 4.96. The molecule has 1 aromatic heterocycles. The van der Waals surface area contributed by atoms with Crippen LogP contribution < -0.4 is 16.4 Å². The van der Waals surface area contributed by atoms with Crippen LogP contribution in [0.4, 0.5) is 5.69 Å². The van der Waals surface area contributed by atoms with Crippen LogP contribution in [0.5, 0.6) is 0 Å². The smallest absolute Gasteiger partial charge is 0.287 e. The summed E-state index contributed by atoms with van der Waals surface area (Å²) in [5.74, 6) is -0.469. The lowest BCUT2D eigenvalue weighted by atomic mass is 10.1. The Morgan fingerprint density at radius 2 is 1.95 bits per heavy atom. The zero-order valence-corrected chi connectivity index (χ0v) is 12.3. The first-order chi connectivity index (χ1) is 10.6. The van der Waals surface area contributed by atoms with Crippen molar-refractivity contribution in [2.24, 2.45) is 0 Å². The van der Waals surface area contributed by atoms with Crippen molar-refractivity contribution in [1.29, 1.82) is 0 Å². The number of furan rings is 1. The van der Waals surface area contributed by atoms with E-state index in [1.165, 1.54) is 6.26 Å². The van der Waals surface area contributed by atoms with E-state index in [2.05, 4.69) is 10.6 Å². The van der Waals surface area contributed by atoms with Gasteiger partial charge in [-0.3, -0.25) is 9.59 Å². The van der Waals surface area contributed by atoms with Crippen molar-refractivity contribution in [3.63, 3.8) is 0 Å². The third-order valence-corrected chi connectivity index (χ3v) is 3.18. The van der Waals surface area contributed by atoms with Crippen LogP contribution in [0.15, 0.2) is 47.1 Å². The molecule has 0 aliphatic heterocycles. The SMILES string of the molecule is CC(NC(=O)c1ccco1)C(=O)NCCc1ccc(N)cc1. The van der Waals surface area contributed by atoms with Crippen molar-refractivity contribution in [3.8, 4) is 0 Å². The van der Waals surface area contributed by atoms with E-state index in [4.69, 9.17) is 10.2 Å². The van der Waals surface area contributed by atoms with Gasteiger partial charge in [-0.05, 0) is 43.2 Å². The zero-order chi connectivity index (χ0) is 15.9. The van der Waals surface area contributed by atoms with Crippen molar-refractivity contribution < 1.29 is 14.0 Å². The number of hydrogen-bond acceptors (Lipinski definition) is 4. The predicted molar refractivity (Wildman–Crippen MR) is 83.2 cm³/mol. The van der Waals surface area contributed by atoms with Crippen molar-refractivity contribution in [2.75, 3.05) is 12.3 Å². The number of amides is 2. The maximum absolute atomic E-state index is 11.9. The van der Waals surface area contributed by atoms with Gasteiger partial charge in [-0.1, -0.05) is 12.1 Å². The molecule has 2 aromatic rings. The molecule has 4 N–H and O–H groups in total. The van der Waals surface area contributed by atoms with Crippen LogP contribution in [-0.2, 0) is 11.2 Å². The highest BCUT2D eigenvalue weighted by molar-refractivity contribution is 5.95. The van der Waals surface area contributed by atoms with E-state index in [1.54, 1.807) is 19.1 Å². The molecule has 0 aliphatic rings. The summed E-state index contributed by atoms with van der Waals surface area (Å²) < 4.78 is 4.97. The van der Waals surface area contributed by atoms with Gasteiger partial charge in [0.25, 0.3) is 5.91 Å². The molecule has 0 bridgehead atoms. The largest absolute Gasteiger partial charge is 0.459 e. The van der Waals surface area contributed by atoms with Crippen LogP contribution in [0.25, 0.3) is 0 Å². The molecule has 6 heteroatoms. The third kappa shape index (κ3) is 4.37. The van der Waals surface area contributed by atoms with Gasteiger partial charge < -0.3 is 20.8 Å². The molecule has 1 atom stereocenters. The van der Waals surface area contributed by atoms with Crippen LogP contribution >= 0.6 is 0 Å². The number of hydrogen-bond donors (Lipinski definition) is 3. The first kappa shape index (κ1) is 15.6. The molecule has 22 heavy (non-hydrogen) atoms. The number of nitrogens with two attached hydrogens (primary N) is 1. The van der Waals surface area contributed by atoms with Gasteiger partial charge in [0.1, 0.15) is 6.04 Å². The van der Waals surface area contributed by atoms with E-state index in [0.29, 0.717) is 18.7 Å². The highest BCUT2D eigenvalue weighted by Gasteiger charge is 2.17. The highest BCUT2D eigenvalue weighted by atomic mass is 16.3. The molecule has 0 spiro atoms. The summed E-state index contributed by atoms with van der Waals surface area (Å²) in [7, 11) is 0. The van der Waals surface area contributed by atoms with Gasteiger partial charge in [-0.15, -0.1) is 0 Å². The molecule has 0 saturated heterocycles. The van der Waals surface area contributed by atoms with E-state index in [0.717, 1.165) is 5.56 Å². The first-order valence-electron chi connectivity index (χ1n) is 7.03. The fraction of sp³-hybridized carbons (Fsp3) is 0.250. The molecular weight excluding hydrogens is 282 g/mol. The van der Waals surface area contributed by atoms with Crippen LogP contribution in [0.3, 0.4) is 0 Å². The monoisotopic (exact) mass is 301 g/mol. The van der Waals surface area contributed by atoms with Gasteiger partial charge in [0.2, 0.25) is 5.91 Å². The number of nitrogen functional groups attached to an aromatic ring is 1. The van der Waals surface area contributed by atoms with Crippen molar-refractivity contribution >= 4 is 17.5 Å². The lowest BCUT2D eigenvalue weighted by molar-refractivity contribution is -0.122. The minimum Gasteiger partial charge on any atom is -0.459 e. The minimum absolute atomic E-state index is 0.182. The summed E-state index contributed by atoms with van der Waals surface area (Å²) in [5, 5.41) is 5.36. The van der Waals surface area contributed by atoms with Gasteiger partial charge in [-0.2, -0.15) is 0 Å². The molecule has 116 valence electrons. The summed E-state index contributed by atoms with van der Waals surface area (Å²) in [4.78, 5) is 23.7. The fourth-order valence-corrected chi connectivity index (χ4v) is 1.91. The molecule has 1 heterocycles. The number of nitrogens with one attached hydrogen (secondary N) is 2. The molecule has 0 radical (unpaired) electrons. The predicted octanol–water partition coefficient (Wildman–Crippen LogP) is 1.34. The summed E-state index contributed by atoms with van der Waals surface area (Å²) in [6.07, 6.45) is 2.11. The van der Waals surface area contributed by atoms with Crippen LogP contribution in [0.2, 0.25) is 0 Å². The second kappa shape index (κ2) is 7.31. The molecule has 2 rings (SSSR count). The Morgan fingerprint density at radius 1 is 1.23 bits per heavy atom. The standard InChI is InChI=1S/C16H19N3O3/c1-11(19-16(21)14-3-2-10-22-14)15(20)18-9-8-12-4-6-13(17)7-5-12/h2-7,10-11H,8-9,17H2,1H3,(H,18,20)(H,19,21). The molecule has 0 saturated carbocycles. The van der Waals surface area contributed by atoms with Gasteiger partial charge in [0, 0.05) is 12.2 Å². The Labute approximate surface area is 128 Å². The maximum atomic E-state index is 11.9. The van der Waals surface area contributed by atoms with Crippen molar-refractivity contribution in [3.05, 3.63) is 54.0 Å². The summed E-state index contributed by atoms with van der Waals surface area (Å²) in [6, 6.07) is 10.0.